The lowest BCUT2D eigenvalue weighted by Gasteiger charge is -2.22. The fourth-order valence-electron chi connectivity index (χ4n) is 2.42. The largest absolute Gasteiger partial charge is 0.352 e. The van der Waals surface area contributed by atoms with Crippen molar-refractivity contribution in [1.82, 2.24) is 5.32 Å². The average Bonchev–Trinajstić information content (AvgIpc) is 2.55. The predicted octanol–water partition coefficient (Wildman–Crippen LogP) is 3.71. The molecule has 2 rings (SSSR count). The number of hydrogen-bond acceptors (Lipinski definition) is 2. The molecule has 0 atom stereocenters. The van der Waals surface area contributed by atoms with Gasteiger partial charge in [-0.1, -0.05) is 48.0 Å². The highest BCUT2D eigenvalue weighted by Gasteiger charge is 2.15. The zero-order valence-electron chi connectivity index (χ0n) is 13.9. The maximum Gasteiger partial charge on any atom is 0.223 e. The number of carbonyl (C=O) groups is 2. The molecule has 0 aliphatic heterocycles. The fourth-order valence-corrected chi connectivity index (χ4v) is 2.66. The molecule has 5 heteroatoms. The number of hydrogen-bond donors (Lipinski definition) is 1. The first-order valence-corrected chi connectivity index (χ1v) is 8.20. The van der Waals surface area contributed by atoms with Crippen LogP contribution >= 0.6 is 11.6 Å². The van der Waals surface area contributed by atoms with Gasteiger partial charge < -0.3 is 10.2 Å². The van der Waals surface area contributed by atoms with Crippen LogP contribution in [0.1, 0.15) is 24.5 Å². The van der Waals surface area contributed by atoms with Gasteiger partial charge in [-0.2, -0.15) is 0 Å². The number of halogens is 1. The number of nitrogens with zero attached hydrogens (tertiary/aromatic N) is 1. The van der Waals surface area contributed by atoms with E-state index in [1.165, 1.54) is 11.8 Å². The van der Waals surface area contributed by atoms with Gasteiger partial charge in [0, 0.05) is 26.4 Å². The molecule has 0 saturated heterocycles. The molecule has 0 fully saturated rings. The van der Waals surface area contributed by atoms with Crippen molar-refractivity contribution in [2.45, 2.75) is 26.8 Å². The third-order valence-corrected chi connectivity index (χ3v) is 4.14. The van der Waals surface area contributed by atoms with Crippen LogP contribution in [0.4, 0.5) is 5.69 Å². The highest BCUT2D eigenvalue weighted by atomic mass is 35.5. The normalized spacial score (nSPS) is 10.3. The van der Waals surface area contributed by atoms with E-state index in [9.17, 15) is 9.59 Å². The molecule has 0 radical (unpaired) electrons. The first kappa shape index (κ1) is 18.0. The topological polar surface area (TPSA) is 49.4 Å². The molecule has 1 N–H and O–H groups in total. The molecular weight excluding hydrogens is 324 g/mol. The summed E-state index contributed by atoms with van der Waals surface area (Å²) >= 11 is 6.14. The minimum Gasteiger partial charge on any atom is -0.352 e. The number of amides is 2. The van der Waals surface area contributed by atoms with E-state index in [-0.39, 0.29) is 18.2 Å². The SMILES string of the molecule is CC(=O)N(CCC(=O)NCc1ccccc1C)c1ccccc1Cl. The minimum absolute atomic E-state index is 0.100. The molecule has 0 aliphatic carbocycles. The third kappa shape index (κ3) is 4.83. The summed E-state index contributed by atoms with van der Waals surface area (Å²) in [7, 11) is 0. The Morgan fingerprint density at radius 1 is 1.08 bits per heavy atom. The highest BCUT2D eigenvalue weighted by Crippen LogP contribution is 2.25. The van der Waals surface area contributed by atoms with Crippen LogP contribution in [0.3, 0.4) is 0 Å². The van der Waals surface area contributed by atoms with Gasteiger partial charge in [-0.05, 0) is 30.2 Å². The van der Waals surface area contributed by atoms with Crippen molar-refractivity contribution in [2.75, 3.05) is 11.4 Å². The number of benzene rings is 2. The average molecular weight is 345 g/mol. The molecule has 24 heavy (non-hydrogen) atoms. The van der Waals surface area contributed by atoms with Gasteiger partial charge >= 0.3 is 0 Å². The molecule has 0 unspecified atom stereocenters. The Morgan fingerprint density at radius 3 is 2.42 bits per heavy atom. The van der Waals surface area contributed by atoms with Crippen LogP contribution in [0.15, 0.2) is 48.5 Å². The van der Waals surface area contributed by atoms with E-state index in [2.05, 4.69) is 5.32 Å². The van der Waals surface area contributed by atoms with Crippen molar-refractivity contribution in [2.24, 2.45) is 0 Å². The summed E-state index contributed by atoms with van der Waals surface area (Å²) in [6, 6.07) is 15.0. The number of nitrogens with one attached hydrogen (secondary N) is 1. The Labute approximate surface area is 147 Å². The molecule has 0 saturated carbocycles. The summed E-state index contributed by atoms with van der Waals surface area (Å²) in [6.45, 7) is 4.25. The van der Waals surface area contributed by atoms with Crippen molar-refractivity contribution in [3.8, 4) is 0 Å². The van der Waals surface area contributed by atoms with Gasteiger partial charge in [-0.25, -0.2) is 0 Å². The van der Waals surface area contributed by atoms with Crippen LogP contribution in [0.5, 0.6) is 0 Å². The van der Waals surface area contributed by atoms with E-state index in [0.29, 0.717) is 23.8 Å². The van der Waals surface area contributed by atoms with E-state index in [0.717, 1.165) is 11.1 Å². The molecule has 0 aliphatic rings. The third-order valence-electron chi connectivity index (χ3n) is 3.82. The lowest BCUT2D eigenvalue weighted by atomic mass is 10.1. The summed E-state index contributed by atoms with van der Waals surface area (Å²) in [5.41, 5.74) is 2.85. The highest BCUT2D eigenvalue weighted by molar-refractivity contribution is 6.33. The van der Waals surface area contributed by atoms with Gasteiger partial charge in [0.1, 0.15) is 0 Å². The number of para-hydroxylation sites is 1. The molecular formula is C19H21ClN2O2. The molecule has 0 bridgehead atoms. The molecule has 126 valence electrons. The molecule has 2 amide bonds. The molecule has 2 aromatic rings. The fraction of sp³-hybridized carbons (Fsp3) is 0.263. The van der Waals surface area contributed by atoms with Gasteiger partial charge in [0.25, 0.3) is 0 Å². The van der Waals surface area contributed by atoms with Crippen molar-refractivity contribution in [3.05, 3.63) is 64.7 Å². The Bertz CT molecular complexity index is 731. The van der Waals surface area contributed by atoms with E-state index in [4.69, 9.17) is 11.6 Å². The summed E-state index contributed by atoms with van der Waals surface area (Å²) in [5, 5.41) is 3.38. The first-order chi connectivity index (χ1) is 11.5. The van der Waals surface area contributed by atoms with Crippen molar-refractivity contribution in [1.29, 1.82) is 0 Å². The maximum absolute atomic E-state index is 12.1. The molecule has 4 nitrogen and oxygen atoms in total. The second kappa shape index (κ2) is 8.50. The Kier molecular flexibility index (Phi) is 6.38. The molecule has 0 heterocycles. The van der Waals surface area contributed by atoms with Crippen molar-refractivity contribution < 1.29 is 9.59 Å². The number of rotatable bonds is 6. The Morgan fingerprint density at radius 2 is 1.75 bits per heavy atom. The summed E-state index contributed by atoms with van der Waals surface area (Å²) in [5.74, 6) is -0.244. The lowest BCUT2D eigenvalue weighted by molar-refractivity contribution is -0.121. The summed E-state index contributed by atoms with van der Waals surface area (Å²) in [6.07, 6.45) is 0.219. The van der Waals surface area contributed by atoms with E-state index < -0.39 is 0 Å². The van der Waals surface area contributed by atoms with Crippen LogP contribution in [0, 0.1) is 6.92 Å². The Balaban J connectivity index is 1.93. The van der Waals surface area contributed by atoms with E-state index in [1.54, 1.807) is 18.2 Å². The summed E-state index contributed by atoms with van der Waals surface area (Å²) in [4.78, 5) is 25.5. The van der Waals surface area contributed by atoms with Crippen LogP contribution in [0.25, 0.3) is 0 Å². The second-order valence-corrected chi connectivity index (χ2v) is 5.98. The van der Waals surface area contributed by atoms with Gasteiger partial charge in [-0.15, -0.1) is 0 Å². The zero-order chi connectivity index (χ0) is 17.5. The monoisotopic (exact) mass is 344 g/mol. The Hall–Kier alpha value is -2.33. The van der Waals surface area contributed by atoms with Crippen molar-refractivity contribution in [3.63, 3.8) is 0 Å². The van der Waals surface area contributed by atoms with Crippen LogP contribution in [-0.2, 0) is 16.1 Å². The lowest BCUT2D eigenvalue weighted by Crippen LogP contribution is -2.34. The quantitative estimate of drug-likeness (QED) is 0.868. The maximum atomic E-state index is 12.1. The smallest absolute Gasteiger partial charge is 0.223 e. The van der Waals surface area contributed by atoms with Gasteiger partial charge in [0.15, 0.2) is 0 Å². The first-order valence-electron chi connectivity index (χ1n) is 7.83. The predicted molar refractivity (Wildman–Crippen MR) is 97.1 cm³/mol. The van der Waals surface area contributed by atoms with Gasteiger partial charge in [0.05, 0.1) is 10.7 Å². The van der Waals surface area contributed by atoms with Gasteiger partial charge in [0.2, 0.25) is 11.8 Å². The molecule has 0 aromatic heterocycles. The van der Waals surface area contributed by atoms with Crippen LogP contribution in [0.2, 0.25) is 5.02 Å². The summed E-state index contributed by atoms with van der Waals surface area (Å²) < 4.78 is 0. The number of aryl methyl sites for hydroxylation is 1. The van der Waals surface area contributed by atoms with E-state index >= 15 is 0 Å². The molecule has 0 spiro atoms. The standard InChI is InChI=1S/C19H21ClN2O2/c1-14-7-3-4-8-16(14)13-21-19(24)11-12-22(15(2)23)18-10-6-5-9-17(18)20/h3-10H,11-13H2,1-2H3,(H,21,24). The van der Waals surface area contributed by atoms with Crippen molar-refractivity contribution >= 4 is 29.1 Å². The number of carbonyl (C=O) groups excluding carboxylic acids is 2. The van der Waals surface area contributed by atoms with Crippen LogP contribution < -0.4 is 10.2 Å². The van der Waals surface area contributed by atoms with Crippen LogP contribution in [-0.4, -0.2) is 18.4 Å². The van der Waals surface area contributed by atoms with E-state index in [1.807, 2.05) is 37.3 Å². The minimum atomic E-state index is -0.144. The van der Waals surface area contributed by atoms with Gasteiger partial charge in [-0.3, -0.25) is 9.59 Å². The zero-order valence-corrected chi connectivity index (χ0v) is 14.6. The second-order valence-electron chi connectivity index (χ2n) is 5.58. The molecule has 2 aromatic carbocycles. The number of anilines is 1.